The van der Waals surface area contributed by atoms with Crippen LogP contribution in [0.5, 0.6) is 11.5 Å². The van der Waals surface area contributed by atoms with Gasteiger partial charge < -0.3 is 9.47 Å². The van der Waals surface area contributed by atoms with E-state index in [2.05, 4.69) is 0 Å². The monoisotopic (exact) mass is 616 g/mol. The van der Waals surface area contributed by atoms with Gasteiger partial charge in [0.2, 0.25) is 0 Å². The number of rotatable bonds is 6. The van der Waals surface area contributed by atoms with E-state index in [4.69, 9.17) is 15.3 Å². The summed E-state index contributed by atoms with van der Waals surface area (Å²) in [5.74, 6) is 6.43. The average Bonchev–Trinajstić information content (AvgIpc) is 3.54. The molecule has 2 aliphatic rings. The molecule has 4 aromatic carbocycles. The van der Waals surface area contributed by atoms with Crippen molar-refractivity contribution < 1.29 is 40.2 Å². The number of benzene rings is 4. The minimum absolute atomic E-state index is 0.119. The number of hydrazine groups is 1. The van der Waals surface area contributed by atoms with E-state index in [1.807, 2.05) is 19.1 Å². The van der Waals surface area contributed by atoms with Gasteiger partial charge in [-0.25, -0.2) is 9.40 Å². The number of nitrogens with zero attached hydrogens (tertiary/aromatic N) is 1. The maximum atomic E-state index is 13.7. The second-order valence-electron chi connectivity index (χ2n) is 11.2. The number of hydrogen-bond acceptors (Lipinski definition) is 4. The predicted molar refractivity (Wildman–Crippen MR) is 150 cm³/mol. The van der Waals surface area contributed by atoms with Gasteiger partial charge in [-0.15, -0.1) is 0 Å². The van der Waals surface area contributed by atoms with E-state index in [0.29, 0.717) is 33.6 Å². The van der Waals surface area contributed by atoms with Crippen LogP contribution >= 0.6 is 0 Å². The molecule has 2 N–H and O–H groups in total. The number of hydrogen-bond donors (Lipinski definition) is 1. The van der Waals surface area contributed by atoms with Crippen molar-refractivity contribution in [2.45, 2.75) is 44.3 Å². The average molecular weight is 617 g/mol. The van der Waals surface area contributed by atoms with Gasteiger partial charge >= 0.3 is 12.4 Å². The van der Waals surface area contributed by atoms with Crippen molar-refractivity contribution in [1.82, 2.24) is 5.01 Å². The van der Waals surface area contributed by atoms with Gasteiger partial charge in [0.15, 0.2) is 0 Å². The van der Waals surface area contributed by atoms with Gasteiger partial charge in [0.25, 0.3) is 0 Å². The molecule has 6 rings (SSSR count). The van der Waals surface area contributed by atoms with Crippen molar-refractivity contribution in [2.75, 3.05) is 13.1 Å². The van der Waals surface area contributed by atoms with Crippen molar-refractivity contribution in [3.05, 3.63) is 106 Å². The molecule has 2 atom stereocenters. The lowest BCUT2D eigenvalue weighted by Gasteiger charge is -2.23. The molecule has 11 heteroatoms. The molecule has 0 fully saturated rings. The molecule has 230 valence electrons. The Kier molecular flexibility index (Phi) is 7.57. The molecule has 44 heavy (non-hydrogen) atoms. The van der Waals surface area contributed by atoms with Crippen LogP contribution in [0.4, 0.5) is 30.7 Å². The van der Waals surface area contributed by atoms with Crippen LogP contribution in [0.3, 0.4) is 0 Å². The van der Waals surface area contributed by atoms with Gasteiger partial charge in [-0.05, 0) is 65.6 Å². The second kappa shape index (κ2) is 11.1. The molecule has 0 saturated heterocycles. The number of nitrogens with two attached hydrogens (primary N) is 1. The standard InChI is InChI=1S/C33H27F7N2O2/c1-18-2-4-19(5-3-18)28-14-23(32(35,36)37)10-21-12-26(43-30(21)28)16-42(41)17-27-13-22-11-24(33(38,39)40)15-29(31(22)44-27)20-6-8-25(34)9-7-20/h2-11,14-15,26-27H,12-13,16-17,41H2,1H3. The summed E-state index contributed by atoms with van der Waals surface area (Å²) in [6, 6.07) is 16.4. The van der Waals surface area contributed by atoms with Gasteiger partial charge in [0, 0.05) is 24.0 Å². The third-order valence-electron chi connectivity index (χ3n) is 7.84. The summed E-state index contributed by atoms with van der Waals surface area (Å²) in [5.41, 5.74) is 1.62. The summed E-state index contributed by atoms with van der Waals surface area (Å²) in [4.78, 5) is 0. The quantitative estimate of drug-likeness (QED) is 0.136. The minimum atomic E-state index is -4.60. The molecule has 0 radical (unpaired) electrons. The molecule has 0 saturated carbocycles. The number of ether oxygens (including phenoxy) is 2. The Bertz CT molecular complexity index is 1560. The predicted octanol–water partition coefficient (Wildman–Crippen LogP) is 7.99. The smallest absolute Gasteiger partial charge is 0.416 e. The van der Waals surface area contributed by atoms with Crippen molar-refractivity contribution in [3.8, 4) is 33.8 Å². The van der Waals surface area contributed by atoms with E-state index in [1.54, 1.807) is 12.1 Å². The highest BCUT2D eigenvalue weighted by Gasteiger charge is 2.38. The lowest BCUT2D eigenvalue weighted by molar-refractivity contribution is -0.138. The molecule has 2 heterocycles. The van der Waals surface area contributed by atoms with Crippen LogP contribution in [0.2, 0.25) is 0 Å². The zero-order chi connectivity index (χ0) is 31.4. The molecule has 0 aromatic heterocycles. The summed E-state index contributed by atoms with van der Waals surface area (Å²) in [5, 5.41) is 1.41. The van der Waals surface area contributed by atoms with Crippen molar-refractivity contribution in [2.24, 2.45) is 5.84 Å². The number of fused-ring (bicyclic) bond motifs is 2. The fourth-order valence-electron chi connectivity index (χ4n) is 5.79. The van der Waals surface area contributed by atoms with Crippen molar-refractivity contribution >= 4 is 0 Å². The Morgan fingerprint density at radius 1 is 0.682 bits per heavy atom. The molecule has 4 aromatic rings. The van der Waals surface area contributed by atoms with E-state index < -0.39 is 41.5 Å². The first-order valence-corrected chi connectivity index (χ1v) is 13.9. The Morgan fingerprint density at radius 3 is 1.50 bits per heavy atom. The van der Waals surface area contributed by atoms with Crippen LogP contribution in [0.15, 0.2) is 72.8 Å². The maximum absolute atomic E-state index is 13.7. The van der Waals surface area contributed by atoms with Crippen molar-refractivity contribution in [3.63, 3.8) is 0 Å². The van der Waals surface area contributed by atoms with Crippen molar-refractivity contribution in [1.29, 1.82) is 0 Å². The van der Waals surface area contributed by atoms with Gasteiger partial charge in [0.1, 0.15) is 29.5 Å². The molecule has 0 bridgehead atoms. The summed E-state index contributed by atoms with van der Waals surface area (Å²) in [7, 11) is 0. The molecular weight excluding hydrogens is 589 g/mol. The fraction of sp³-hybridized carbons (Fsp3) is 0.273. The highest BCUT2D eigenvalue weighted by Crippen LogP contribution is 2.45. The summed E-state index contributed by atoms with van der Waals surface area (Å²) in [6.07, 6.45) is -9.94. The van der Waals surface area contributed by atoms with Crippen LogP contribution in [0.1, 0.15) is 27.8 Å². The normalized spacial score (nSPS) is 17.8. The third-order valence-corrected chi connectivity index (χ3v) is 7.84. The Balaban J connectivity index is 1.19. The molecule has 0 spiro atoms. The van der Waals surface area contributed by atoms with E-state index in [0.717, 1.165) is 42.0 Å². The van der Waals surface area contributed by atoms with Crippen LogP contribution in [0.25, 0.3) is 22.3 Å². The van der Waals surface area contributed by atoms with E-state index >= 15 is 0 Å². The van der Waals surface area contributed by atoms with Gasteiger partial charge in [-0.3, -0.25) is 5.84 Å². The molecule has 2 aliphatic heterocycles. The fourth-order valence-corrected chi connectivity index (χ4v) is 5.79. The topological polar surface area (TPSA) is 47.7 Å². The van der Waals surface area contributed by atoms with Crippen LogP contribution in [-0.4, -0.2) is 30.3 Å². The molecule has 2 unspecified atom stereocenters. The van der Waals surface area contributed by atoms with E-state index in [1.165, 1.54) is 17.1 Å². The number of alkyl halides is 6. The van der Waals surface area contributed by atoms with Crippen LogP contribution in [-0.2, 0) is 25.2 Å². The summed E-state index contributed by atoms with van der Waals surface area (Å²) >= 11 is 0. The maximum Gasteiger partial charge on any atom is 0.416 e. The van der Waals surface area contributed by atoms with Crippen LogP contribution in [0, 0.1) is 12.7 Å². The minimum Gasteiger partial charge on any atom is -0.488 e. The summed E-state index contributed by atoms with van der Waals surface area (Å²) < 4.78 is 108. The zero-order valence-electron chi connectivity index (χ0n) is 23.4. The largest absolute Gasteiger partial charge is 0.488 e. The van der Waals surface area contributed by atoms with E-state index in [9.17, 15) is 30.7 Å². The highest BCUT2D eigenvalue weighted by atomic mass is 19.4. The third kappa shape index (κ3) is 6.11. The zero-order valence-corrected chi connectivity index (χ0v) is 23.4. The Labute approximate surface area is 248 Å². The first kappa shape index (κ1) is 30.0. The number of halogens is 7. The van der Waals surface area contributed by atoms with Gasteiger partial charge in [0.05, 0.1) is 24.2 Å². The molecule has 0 amide bonds. The second-order valence-corrected chi connectivity index (χ2v) is 11.2. The lowest BCUT2D eigenvalue weighted by atomic mass is 9.96. The first-order chi connectivity index (χ1) is 20.7. The Morgan fingerprint density at radius 2 is 1.09 bits per heavy atom. The SMILES string of the molecule is Cc1ccc(-c2cc(C(F)(F)F)cc3c2OC(CN(N)CC2Cc4cc(C(F)(F)F)cc(-c5ccc(F)cc5)c4O2)C3)cc1. The molecule has 4 nitrogen and oxygen atoms in total. The highest BCUT2D eigenvalue weighted by molar-refractivity contribution is 5.75. The van der Waals surface area contributed by atoms with Gasteiger partial charge in [-0.2, -0.15) is 26.3 Å². The summed E-state index contributed by atoms with van der Waals surface area (Å²) in [6.45, 7) is 2.14. The lowest BCUT2D eigenvalue weighted by Crippen LogP contribution is -2.45. The van der Waals surface area contributed by atoms with Gasteiger partial charge in [-0.1, -0.05) is 42.0 Å². The first-order valence-electron chi connectivity index (χ1n) is 13.9. The number of aryl methyl sites for hydroxylation is 1. The molecule has 0 aliphatic carbocycles. The Hall–Kier alpha value is -4.09. The van der Waals surface area contributed by atoms with Crippen LogP contribution < -0.4 is 15.3 Å². The van der Waals surface area contributed by atoms with E-state index in [-0.39, 0.29) is 37.2 Å². The molecular formula is C33H27F7N2O2.